The van der Waals surface area contributed by atoms with Crippen molar-refractivity contribution in [3.63, 3.8) is 0 Å². The van der Waals surface area contributed by atoms with Gasteiger partial charge in [0.1, 0.15) is 0 Å². The fraction of sp³-hybridized carbons (Fsp3) is 0.600. The molecule has 2 rings (SSSR count). The monoisotopic (exact) mass is 213 g/mol. The van der Waals surface area contributed by atoms with Crippen LogP contribution in [-0.2, 0) is 20.6 Å². The van der Waals surface area contributed by atoms with Crippen LogP contribution in [-0.4, -0.2) is 23.7 Å². The second-order valence-corrected chi connectivity index (χ2v) is 6.18. The number of piperidine rings is 1. The topological polar surface area (TPSA) is 3.24 Å². The van der Waals surface area contributed by atoms with Gasteiger partial charge in [0.25, 0.3) is 0 Å². The van der Waals surface area contributed by atoms with Gasteiger partial charge in [-0.2, -0.15) is 0 Å². The minimum Gasteiger partial charge on any atom is -0.372 e. The maximum Gasteiger partial charge on any atom is 0.0339 e. The Hall–Kier alpha value is -0.150. The standard InChI is InChI=1S/C10H15NS2/c12-13-8-4-10(5-9-13)11-6-2-1-3-7-11/h4-5,8H,1-3,6-7,9H2. The van der Waals surface area contributed by atoms with Crippen LogP contribution in [0.25, 0.3) is 0 Å². The van der Waals surface area contributed by atoms with E-state index in [0.29, 0.717) is 0 Å². The lowest BCUT2D eigenvalue weighted by molar-refractivity contribution is 0.293. The maximum absolute atomic E-state index is 5.22. The molecule has 2 aliphatic rings. The molecule has 1 saturated heterocycles. The van der Waals surface area contributed by atoms with Crippen LogP contribution in [0.2, 0.25) is 0 Å². The van der Waals surface area contributed by atoms with Crippen LogP contribution in [0.4, 0.5) is 0 Å². The zero-order valence-corrected chi connectivity index (χ0v) is 9.37. The molecule has 0 aliphatic carbocycles. The molecule has 3 heteroatoms. The second-order valence-electron chi connectivity index (χ2n) is 3.53. The Morgan fingerprint density at radius 2 is 2.00 bits per heavy atom. The van der Waals surface area contributed by atoms with Crippen molar-refractivity contribution in [2.75, 3.05) is 18.8 Å². The number of nitrogens with zero attached hydrogens (tertiary/aromatic N) is 1. The van der Waals surface area contributed by atoms with Gasteiger partial charge >= 0.3 is 0 Å². The number of likely N-dealkylation sites (tertiary alicyclic amines) is 1. The van der Waals surface area contributed by atoms with E-state index in [4.69, 9.17) is 11.2 Å². The predicted octanol–water partition coefficient (Wildman–Crippen LogP) is 1.96. The highest BCUT2D eigenvalue weighted by Gasteiger charge is 2.12. The van der Waals surface area contributed by atoms with Crippen LogP contribution >= 0.6 is 0 Å². The summed E-state index contributed by atoms with van der Waals surface area (Å²) in [7, 11) is 0.0844. The van der Waals surface area contributed by atoms with E-state index >= 15 is 0 Å². The quantitative estimate of drug-likeness (QED) is 0.655. The lowest BCUT2D eigenvalue weighted by Crippen LogP contribution is -2.29. The molecule has 0 aromatic carbocycles. The molecule has 2 heterocycles. The van der Waals surface area contributed by atoms with E-state index in [1.165, 1.54) is 38.0 Å². The summed E-state index contributed by atoms with van der Waals surface area (Å²) in [6.45, 7) is 2.47. The highest BCUT2D eigenvalue weighted by Crippen LogP contribution is 2.17. The molecule has 0 aromatic heterocycles. The van der Waals surface area contributed by atoms with Gasteiger partial charge in [-0.05, 0) is 41.9 Å². The lowest BCUT2D eigenvalue weighted by Gasteiger charge is -2.30. The van der Waals surface area contributed by atoms with Crippen LogP contribution in [0.15, 0.2) is 23.3 Å². The van der Waals surface area contributed by atoms with Crippen molar-refractivity contribution in [2.24, 2.45) is 0 Å². The van der Waals surface area contributed by atoms with Crippen LogP contribution in [0.3, 0.4) is 0 Å². The van der Waals surface area contributed by atoms with Gasteiger partial charge in [0.15, 0.2) is 0 Å². The predicted molar refractivity (Wildman–Crippen MR) is 62.2 cm³/mol. The fourth-order valence-electron chi connectivity index (χ4n) is 1.82. The molecule has 72 valence electrons. The summed E-state index contributed by atoms with van der Waals surface area (Å²) in [6, 6.07) is 0. The Bertz CT molecular complexity index is 262. The minimum absolute atomic E-state index is 0.0844. The summed E-state index contributed by atoms with van der Waals surface area (Å²) in [5.74, 6) is 1.07. The molecule has 0 amide bonds. The summed E-state index contributed by atoms with van der Waals surface area (Å²) in [5, 5.41) is 2.18. The van der Waals surface area contributed by atoms with Gasteiger partial charge in [-0.1, -0.05) is 15.5 Å². The molecular weight excluding hydrogens is 198 g/mol. The number of allylic oxidation sites excluding steroid dienone is 1. The summed E-state index contributed by atoms with van der Waals surface area (Å²) in [4.78, 5) is 2.49. The van der Waals surface area contributed by atoms with E-state index in [1.807, 2.05) is 0 Å². The summed E-state index contributed by atoms with van der Waals surface area (Å²) < 4.78 is 0. The second kappa shape index (κ2) is 4.38. The van der Waals surface area contributed by atoms with E-state index in [-0.39, 0.29) is 9.45 Å². The molecule has 0 aromatic rings. The van der Waals surface area contributed by atoms with Crippen LogP contribution < -0.4 is 0 Å². The first kappa shape index (κ1) is 9.41. The first-order valence-electron chi connectivity index (χ1n) is 4.87. The van der Waals surface area contributed by atoms with E-state index in [1.54, 1.807) is 0 Å². The van der Waals surface area contributed by atoms with Gasteiger partial charge in [-0.15, -0.1) is 0 Å². The molecule has 1 nitrogen and oxygen atoms in total. The largest absolute Gasteiger partial charge is 0.372 e. The van der Waals surface area contributed by atoms with E-state index in [2.05, 4.69) is 22.5 Å². The molecule has 0 saturated carbocycles. The van der Waals surface area contributed by atoms with Crippen molar-refractivity contribution in [1.82, 2.24) is 4.90 Å². The molecule has 1 unspecified atom stereocenters. The normalized spacial score (nSPS) is 28.8. The Labute approximate surface area is 87.1 Å². The Kier molecular flexibility index (Phi) is 3.17. The maximum atomic E-state index is 5.22. The molecule has 0 bridgehead atoms. The van der Waals surface area contributed by atoms with E-state index < -0.39 is 0 Å². The minimum atomic E-state index is 0.0844. The summed E-state index contributed by atoms with van der Waals surface area (Å²) in [5.41, 5.74) is 1.41. The number of hydrogen-bond acceptors (Lipinski definition) is 2. The van der Waals surface area contributed by atoms with Gasteiger partial charge in [0.05, 0.1) is 0 Å². The third-order valence-electron chi connectivity index (χ3n) is 2.57. The number of rotatable bonds is 1. The molecule has 0 radical (unpaired) electrons. The van der Waals surface area contributed by atoms with Crippen molar-refractivity contribution in [1.29, 1.82) is 0 Å². The van der Waals surface area contributed by atoms with Crippen molar-refractivity contribution >= 4 is 20.6 Å². The molecular formula is C10H15NS2. The zero-order chi connectivity index (χ0) is 9.10. The Morgan fingerprint density at radius 1 is 1.23 bits per heavy atom. The third kappa shape index (κ3) is 2.41. The molecule has 1 atom stereocenters. The Morgan fingerprint density at radius 3 is 2.62 bits per heavy atom. The first-order chi connectivity index (χ1) is 6.36. The fourth-order valence-corrected chi connectivity index (χ4v) is 2.93. The molecule has 13 heavy (non-hydrogen) atoms. The lowest BCUT2D eigenvalue weighted by atomic mass is 10.1. The van der Waals surface area contributed by atoms with Crippen LogP contribution in [0.1, 0.15) is 19.3 Å². The molecule has 0 spiro atoms. The van der Waals surface area contributed by atoms with E-state index in [9.17, 15) is 0 Å². The molecule has 1 fully saturated rings. The van der Waals surface area contributed by atoms with Crippen molar-refractivity contribution in [2.45, 2.75) is 19.3 Å². The van der Waals surface area contributed by atoms with Crippen LogP contribution in [0.5, 0.6) is 0 Å². The summed E-state index contributed by atoms with van der Waals surface area (Å²) in [6.07, 6.45) is 8.63. The number of hydrogen-bond donors (Lipinski definition) is 0. The SMILES string of the molecule is S=S1C=CC(N2CCCCC2)=CC1. The van der Waals surface area contributed by atoms with Crippen molar-refractivity contribution in [3.05, 3.63) is 23.3 Å². The molecule has 0 N–H and O–H groups in total. The van der Waals surface area contributed by atoms with Gasteiger partial charge in [-0.3, -0.25) is 0 Å². The van der Waals surface area contributed by atoms with Crippen LogP contribution in [0, 0.1) is 0 Å². The average molecular weight is 213 g/mol. The Balaban J connectivity index is 2.00. The summed E-state index contributed by atoms with van der Waals surface area (Å²) >= 11 is 5.22. The van der Waals surface area contributed by atoms with E-state index in [0.717, 1.165) is 5.75 Å². The highest BCUT2D eigenvalue weighted by molar-refractivity contribution is 8.30. The third-order valence-corrected chi connectivity index (χ3v) is 4.24. The van der Waals surface area contributed by atoms with Gasteiger partial charge in [-0.25, -0.2) is 0 Å². The van der Waals surface area contributed by atoms with Crippen molar-refractivity contribution < 1.29 is 0 Å². The zero-order valence-electron chi connectivity index (χ0n) is 7.74. The first-order valence-corrected chi connectivity index (χ1v) is 7.25. The average Bonchev–Trinajstić information content (AvgIpc) is 2.20. The van der Waals surface area contributed by atoms with Gasteiger partial charge < -0.3 is 4.90 Å². The van der Waals surface area contributed by atoms with Gasteiger partial charge in [0, 0.05) is 24.5 Å². The smallest absolute Gasteiger partial charge is 0.0339 e. The van der Waals surface area contributed by atoms with Crippen molar-refractivity contribution in [3.8, 4) is 0 Å². The van der Waals surface area contributed by atoms with Gasteiger partial charge in [0.2, 0.25) is 0 Å². The molecule has 2 aliphatic heterocycles. The highest BCUT2D eigenvalue weighted by atomic mass is 32.8.